The van der Waals surface area contributed by atoms with Gasteiger partial charge in [-0.3, -0.25) is 9.69 Å². The lowest BCUT2D eigenvalue weighted by Crippen LogP contribution is -2.40. The van der Waals surface area contributed by atoms with E-state index in [0.717, 1.165) is 51.0 Å². The van der Waals surface area contributed by atoms with Gasteiger partial charge < -0.3 is 5.11 Å². The van der Waals surface area contributed by atoms with Gasteiger partial charge in [0.25, 0.3) is 0 Å². The zero-order chi connectivity index (χ0) is 14.4. The Balaban J connectivity index is 2.05. The number of aliphatic carboxylic acids is 1. The first kappa shape index (κ1) is 14.9. The van der Waals surface area contributed by atoms with E-state index in [-0.39, 0.29) is 0 Å². The van der Waals surface area contributed by atoms with Gasteiger partial charge in [0, 0.05) is 6.54 Å². The van der Waals surface area contributed by atoms with Crippen LogP contribution < -0.4 is 0 Å². The number of carboxylic acid groups (broad SMARTS) is 1. The second-order valence-electron chi connectivity index (χ2n) is 5.35. The zero-order valence-electron chi connectivity index (χ0n) is 12.0. The number of hydrogen-bond acceptors (Lipinski definition) is 5. The number of carbonyl (C=O) groups is 1. The second kappa shape index (κ2) is 7.33. The lowest BCUT2D eigenvalue weighted by atomic mass is 10.1. The Bertz CT molecular complexity index is 434. The quantitative estimate of drug-likeness (QED) is 0.846. The third-order valence-corrected chi connectivity index (χ3v) is 3.82. The maximum absolute atomic E-state index is 11.4. The minimum absolute atomic E-state index is 0.408. The summed E-state index contributed by atoms with van der Waals surface area (Å²) in [6.07, 6.45) is 5.95. The summed E-state index contributed by atoms with van der Waals surface area (Å²) in [5.74, 6) is 0.0334. The Kier molecular flexibility index (Phi) is 5.46. The fourth-order valence-corrected chi connectivity index (χ4v) is 2.64. The minimum Gasteiger partial charge on any atom is -0.480 e. The van der Waals surface area contributed by atoms with Crippen LogP contribution in [0.1, 0.15) is 51.3 Å². The summed E-state index contributed by atoms with van der Waals surface area (Å²) in [5, 5.41) is 21.1. The summed E-state index contributed by atoms with van der Waals surface area (Å²) in [6.45, 7) is 4.25. The number of aryl methyl sites for hydroxylation is 1. The molecule has 2 rings (SSSR count). The first-order valence-electron chi connectivity index (χ1n) is 7.44. The van der Waals surface area contributed by atoms with Crippen molar-refractivity contribution in [3.63, 3.8) is 0 Å². The maximum Gasteiger partial charge on any atom is 0.320 e. The van der Waals surface area contributed by atoms with E-state index in [2.05, 4.69) is 22.4 Å². The Morgan fingerprint density at radius 1 is 1.40 bits per heavy atom. The van der Waals surface area contributed by atoms with Gasteiger partial charge in [0.05, 0.1) is 6.54 Å². The Morgan fingerprint density at radius 2 is 2.25 bits per heavy atom. The van der Waals surface area contributed by atoms with Gasteiger partial charge in [-0.1, -0.05) is 26.2 Å². The molecule has 0 saturated carbocycles. The second-order valence-corrected chi connectivity index (χ2v) is 5.35. The average Bonchev–Trinajstić information content (AvgIpc) is 2.72. The van der Waals surface area contributed by atoms with Crippen LogP contribution in [0.2, 0.25) is 0 Å². The lowest BCUT2D eigenvalue weighted by molar-refractivity contribution is -0.143. The highest BCUT2D eigenvalue weighted by Crippen LogP contribution is 2.19. The first-order chi connectivity index (χ1) is 9.72. The van der Waals surface area contributed by atoms with Crippen molar-refractivity contribution in [2.75, 3.05) is 6.54 Å². The normalized spacial score (nSPS) is 20.8. The molecule has 1 unspecified atom stereocenters. The summed E-state index contributed by atoms with van der Waals surface area (Å²) >= 11 is 0. The van der Waals surface area contributed by atoms with E-state index >= 15 is 0 Å². The molecule has 2 heterocycles. The van der Waals surface area contributed by atoms with Gasteiger partial charge in [0.15, 0.2) is 5.82 Å². The molecule has 1 aromatic heterocycles. The summed E-state index contributed by atoms with van der Waals surface area (Å²) in [5.41, 5.74) is 0. The number of aromatic nitrogens is 4. The molecule has 1 fully saturated rings. The third-order valence-electron chi connectivity index (χ3n) is 3.82. The topological polar surface area (TPSA) is 84.1 Å². The largest absolute Gasteiger partial charge is 0.480 e. The van der Waals surface area contributed by atoms with Gasteiger partial charge in [-0.15, -0.1) is 5.10 Å². The smallest absolute Gasteiger partial charge is 0.320 e. The molecule has 112 valence electrons. The molecule has 1 atom stereocenters. The molecule has 0 spiro atoms. The van der Waals surface area contributed by atoms with Crippen LogP contribution in [0.25, 0.3) is 0 Å². The van der Waals surface area contributed by atoms with Crippen molar-refractivity contribution in [2.24, 2.45) is 0 Å². The van der Waals surface area contributed by atoms with Crippen molar-refractivity contribution in [3.05, 3.63) is 5.82 Å². The highest BCUT2D eigenvalue weighted by Gasteiger charge is 2.28. The summed E-state index contributed by atoms with van der Waals surface area (Å²) in [7, 11) is 0. The highest BCUT2D eigenvalue weighted by atomic mass is 16.4. The number of likely N-dealkylation sites (tertiary alicyclic amines) is 1. The molecule has 1 N–H and O–H groups in total. The number of unbranched alkanes of at least 4 members (excludes halogenated alkanes) is 1. The monoisotopic (exact) mass is 281 g/mol. The van der Waals surface area contributed by atoms with E-state index in [0.29, 0.717) is 13.0 Å². The van der Waals surface area contributed by atoms with Crippen LogP contribution in [-0.2, 0) is 17.9 Å². The SMILES string of the molecule is CCCCn1nnnc1CN1CCCCCC1C(=O)O. The Hall–Kier alpha value is -1.50. The van der Waals surface area contributed by atoms with Crippen molar-refractivity contribution in [2.45, 2.75) is 64.6 Å². The molecule has 20 heavy (non-hydrogen) atoms. The Labute approximate surface area is 119 Å². The lowest BCUT2D eigenvalue weighted by Gasteiger charge is -2.25. The molecule has 1 saturated heterocycles. The van der Waals surface area contributed by atoms with Gasteiger partial charge in [0.1, 0.15) is 6.04 Å². The predicted molar refractivity (Wildman–Crippen MR) is 73.0 cm³/mol. The van der Waals surface area contributed by atoms with E-state index in [1.165, 1.54) is 0 Å². The van der Waals surface area contributed by atoms with Crippen LogP contribution in [0.4, 0.5) is 0 Å². The van der Waals surface area contributed by atoms with Crippen molar-refractivity contribution in [3.8, 4) is 0 Å². The molecular weight excluding hydrogens is 258 g/mol. The molecule has 1 aliphatic rings. The summed E-state index contributed by atoms with van der Waals surface area (Å²) in [4.78, 5) is 13.4. The van der Waals surface area contributed by atoms with E-state index in [1.54, 1.807) is 4.68 Å². The molecule has 7 nitrogen and oxygen atoms in total. The summed E-state index contributed by atoms with van der Waals surface area (Å²) < 4.78 is 1.80. The van der Waals surface area contributed by atoms with E-state index < -0.39 is 12.0 Å². The molecule has 0 radical (unpaired) electrons. The van der Waals surface area contributed by atoms with Crippen LogP contribution in [0.3, 0.4) is 0 Å². The molecule has 0 amide bonds. The predicted octanol–water partition coefficient (Wildman–Crippen LogP) is 1.30. The van der Waals surface area contributed by atoms with Crippen LogP contribution in [0.5, 0.6) is 0 Å². The van der Waals surface area contributed by atoms with Crippen LogP contribution in [-0.4, -0.2) is 48.8 Å². The van der Waals surface area contributed by atoms with E-state index in [9.17, 15) is 9.90 Å². The maximum atomic E-state index is 11.4. The number of tetrazole rings is 1. The van der Waals surface area contributed by atoms with Gasteiger partial charge in [0.2, 0.25) is 0 Å². The van der Waals surface area contributed by atoms with Crippen molar-refractivity contribution in [1.82, 2.24) is 25.1 Å². The number of carboxylic acids is 1. The fourth-order valence-electron chi connectivity index (χ4n) is 2.64. The molecule has 1 aliphatic heterocycles. The standard InChI is InChI=1S/C13H23N5O2/c1-2-3-9-18-12(14-15-16-18)10-17-8-6-4-5-7-11(17)13(19)20/h11H,2-10H2,1H3,(H,19,20). The summed E-state index contributed by atoms with van der Waals surface area (Å²) in [6, 6.07) is -0.408. The van der Waals surface area contributed by atoms with E-state index in [1.807, 2.05) is 4.90 Å². The molecule has 0 bridgehead atoms. The third kappa shape index (κ3) is 3.75. The van der Waals surface area contributed by atoms with Gasteiger partial charge in [-0.2, -0.15) is 0 Å². The highest BCUT2D eigenvalue weighted by molar-refractivity contribution is 5.73. The van der Waals surface area contributed by atoms with Crippen molar-refractivity contribution in [1.29, 1.82) is 0 Å². The zero-order valence-corrected chi connectivity index (χ0v) is 12.0. The van der Waals surface area contributed by atoms with Gasteiger partial charge in [-0.25, -0.2) is 4.68 Å². The fraction of sp³-hybridized carbons (Fsp3) is 0.846. The van der Waals surface area contributed by atoms with Crippen molar-refractivity contribution >= 4 is 5.97 Å². The van der Waals surface area contributed by atoms with Crippen LogP contribution in [0, 0.1) is 0 Å². The minimum atomic E-state index is -0.737. The molecule has 0 aromatic carbocycles. The van der Waals surface area contributed by atoms with Crippen molar-refractivity contribution < 1.29 is 9.90 Å². The molecule has 1 aromatic rings. The number of rotatable bonds is 6. The number of nitrogens with zero attached hydrogens (tertiary/aromatic N) is 5. The first-order valence-corrected chi connectivity index (χ1v) is 7.44. The average molecular weight is 281 g/mol. The van der Waals surface area contributed by atoms with Crippen LogP contribution in [0.15, 0.2) is 0 Å². The van der Waals surface area contributed by atoms with E-state index in [4.69, 9.17) is 0 Å². The molecular formula is C13H23N5O2. The van der Waals surface area contributed by atoms with Crippen LogP contribution >= 0.6 is 0 Å². The molecule has 0 aliphatic carbocycles. The molecule has 7 heteroatoms. The number of hydrogen-bond donors (Lipinski definition) is 1. The van der Waals surface area contributed by atoms with Gasteiger partial charge >= 0.3 is 5.97 Å². The Morgan fingerprint density at radius 3 is 3.00 bits per heavy atom. The van der Waals surface area contributed by atoms with Gasteiger partial charge in [-0.05, 0) is 36.2 Å².